The molecule has 3 atom stereocenters. The number of rotatable bonds is 9. The van der Waals surface area contributed by atoms with E-state index in [4.69, 9.17) is 9.15 Å². The third kappa shape index (κ3) is 5.08. The van der Waals surface area contributed by atoms with Gasteiger partial charge in [-0.1, -0.05) is 72.8 Å². The van der Waals surface area contributed by atoms with Crippen molar-refractivity contribution in [1.29, 1.82) is 0 Å². The minimum Gasteiger partial charge on any atom is -0.467 e. The fourth-order valence-electron chi connectivity index (χ4n) is 4.47. The summed E-state index contributed by atoms with van der Waals surface area (Å²) in [6.07, 6.45) is 5.07. The van der Waals surface area contributed by atoms with Crippen LogP contribution in [0.2, 0.25) is 0 Å². The van der Waals surface area contributed by atoms with Crippen LogP contribution >= 0.6 is 0 Å². The van der Waals surface area contributed by atoms with Gasteiger partial charge >= 0.3 is 5.97 Å². The van der Waals surface area contributed by atoms with Gasteiger partial charge in [-0.2, -0.15) is 0 Å². The number of anilines is 1. The van der Waals surface area contributed by atoms with Crippen LogP contribution in [0.1, 0.15) is 33.8 Å². The third-order valence-corrected chi connectivity index (χ3v) is 6.20. The van der Waals surface area contributed by atoms with Gasteiger partial charge in [0, 0.05) is 11.8 Å². The maximum Gasteiger partial charge on any atom is 0.338 e. The number of para-hydroxylation sites is 1. The number of hydrogen-bond acceptors (Lipinski definition) is 5. The molecule has 0 saturated heterocycles. The summed E-state index contributed by atoms with van der Waals surface area (Å²) in [5.74, 6) is 0.106. The zero-order valence-electron chi connectivity index (χ0n) is 19.6. The van der Waals surface area contributed by atoms with E-state index in [1.54, 1.807) is 41.5 Å². The number of carbonyl (C=O) groups excluding carboxylic acids is 2. The summed E-state index contributed by atoms with van der Waals surface area (Å²) in [4.78, 5) is 27.8. The second-order valence-corrected chi connectivity index (χ2v) is 8.49. The lowest BCUT2D eigenvalue weighted by atomic mass is 10.00. The highest BCUT2D eigenvalue weighted by Gasteiger charge is 2.40. The Hall–Kier alpha value is -4.58. The van der Waals surface area contributed by atoms with Gasteiger partial charge in [-0.3, -0.25) is 4.79 Å². The fourth-order valence-corrected chi connectivity index (χ4v) is 4.47. The van der Waals surface area contributed by atoms with Crippen LogP contribution in [0.4, 0.5) is 5.69 Å². The molecule has 0 spiro atoms. The van der Waals surface area contributed by atoms with Crippen LogP contribution in [-0.4, -0.2) is 29.4 Å². The molecule has 6 nitrogen and oxygen atoms in total. The number of nitrogens with one attached hydrogen (secondary N) is 1. The monoisotopic (exact) mass is 478 g/mol. The highest BCUT2D eigenvalue weighted by atomic mass is 16.5. The van der Waals surface area contributed by atoms with Gasteiger partial charge in [-0.05, 0) is 42.0 Å². The summed E-state index contributed by atoms with van der Waals surface area (Å²) in [5, 5.41) is 3.52. The molecule has 1 aliphatic rings. The van der Waals surface area contributed by atoms with Crippen molar-refractivity contribution in [2.24, 2.45) is 0 Å². The molecule has 36 heavy (non-hydrogen) atoms. The van der Waals surface area contributed by atoms with Gasteiger partial charge in [0.15, 0.2) is 0 Å². The van der Waals surface area contributed by atoms with E-state index in [1.807, 2.05) is 84.9 Å². The molecule has 3 aromatic carbocycles. The van der Waals surface area contributed by atoms with Crippen LogP contribution in [0.15, 0.2) is 126 Å². The number of ether oxygens (including phenoxy) is 1. The lowest BCUT2D eigenvalue weighted by Crippen LogP contribution is -2.44. The number of nitrogens with zero attached hydrogens (tertiary/aromatic N) is 1. The first-order chi connectivity index (χ1) is 17.7. The van der Waals surface area contributed by atoms with E-state index < -0.39 is 12.0 Å². The Balaban J connectivity index is 1.47. The molecule has 0 saturated carbocycles. The first kappa shape index (κ1) is 23.2. The Kier molecular flexibility index (Phi) is 6.94. The molecule has 4 aromatic rings. The largest absolute Gasteiger partial charge is 0.467 e. The van der Waals surface area contributed by atoms with Crippen LogP contribution in [0, 0.1) is 0 Å². The van der Waals surface area contributed by atoms with Crippen LogP contribution in [0.25, 0.3) is 0 Å². The second-order valence-electron chi connectivity index (χ2n) is 8.49. The van der Waals surface area contributed by atoms with Crippen molar-refractivity contribution < 1.29 is 18.7 Å². The van der Waals surface area contributed by atoms with E-state index >= 15 is 0 Å². The van der Waals surface area contributed by atoms with Crippen molar-refractivity contribution in [2.75, 3.05) is 11.9 Å². The fraction of sp³-hybridized carbons (Fsp3) is 0.133. The SMILES string of the molecule is O=C(OC[C@@H](c1ccccc1)N1C(=O)C=C[C@H]1[C@@H](Nc1ccccc1)c1ccco1)c1ccccc1. The molecule has 0 aliphatic carbocycles. The number of hydrogen-bond donors (Lipinski definition) is 1. The smallest absolute Gasteiger partial charge is 0.338 e. The van der Waals surface area contributed by atoms with E-state index in [1.165, 1.54) is 0 Å². The van der Waals surface area contributed by atoms with Gasteiger partial charge in [0.1, 0.15) is 18.4 Å². The zero-order valence-corrected chi connectivity index (χ0v) is 19.6. The van der Waals surface area contributed by atoms with Crippen molar-refractivity contribution in [3.05, 3.63) is 138 Å². The Morgan fingerprint density at radius 1 is 0.889 bits per heavy atom. The van der Waals surface area contributed by atoms with Crippen molar-refractivity contribution >= 4 is 17.6 Å². The summed E-state index contributed by atoms with van der Waals surface area (Å²) in [5.41, 5.74) is 2.24. The molecule has 0 radical (unpaired) electrons. The summed E-state index contributed by atoms with van der Waals surface area (Å²) in [7, 11) is 0. The quantitative estimate of drug-likeness (QED) is 0.308. The van der Waals surface area contributed by atoms with Gasteiger partial charge in [0.05, 0.1) is 23.9 Å². The van der Waals surface area contributed by atoms with Crippen LogP contribution in [-0.2, 0) is 9.53 Å². The maximum atomic E-state index is 13.3. The normalized spacial score (nSPS) is 16.5. The van der Waals surface area contributed by atoms with Crippen molar-refractivity contribution in [3.63, 3.8) is 0 Å². The molecule has 5 rings (SSSR count). The Morgan fingerprint density at radius 3 is 2.22 bits per heavy atom. The summed E-state index contributed by atoms with van der Waals surface area (Å²) in [6.45, 7) is 0.0118. The second kappa shape index (κ2) is 10.8. The standard InChI is InChI=1S/C30H26N2O4/c33-28-19-18-25(29(27-17-10-20-35-27)31-24-15-8-3-9-16-24)32(28)26(22-11-4-1-5-12-22)21-36-30(34)23-13-6-2-7-14-23/h1-20,25-26,29,31H,21H2/t25-,26-,29+/m0/s1. The highest BCUT2D eigenvalue weighted by Crippen LogP contribution is 2.36. The molecule has 1 N–H and O–H groups in total. The Bertz CT molecular complexity index is 1310. The van der Waals surface area contributed by atoms with Crippen molar-refractivity contribution in [3.8, 4) is 0 Å². The van der Waals surface area contributed by atoms with Gasteiger partial charge in [-0.15, -0.1) is 0 Å². The molecular weight excluding hydrogens is 452 g/mol. The third-order valence-electron chi connectivity index (χ3n) is 6.20. The molecule has 180 valence electrons. The Labute approximate surface area is 209 Å². The van der Waals surface area contributed by atoms with Gasteiger partial charge in [-0.25, -0.2) is 4.79 Å². The predicted octanol–water partition coefficient (Wildman–Crippen LogP) is 5.80. The van der Waals surface area contributed by atoms with E-state index in [2.05, 4.69) is 5.32 Å². The average Bonchev–Trinajstić information content (AvgIpc) is 3.60. The molecule has 1 amide bonds. The van der Waals surface area contributed by atoms with Gasteiger partial charge < -0.3 is 19.4 Å². The summed E-state index contributed by atoms with van der Waals surface area (Å²) < 4.78 is 11.5. The van der Waals surface area contributed by atoms with Crippen LogP contribution in [0.3, 0.4) is 0 Å². The topological polar surface area (TPSA) is 71.8 Å². The Morgan fingerprint density at radius 2 is 1.56 bits per heavy atom. The van der Waals surface area contributed by atoms with E-state index in [0.29, 0.717) is 11.3 Å². The minimum absolute atomic E-state index is 0.0118. The first-order valence-corrected chi connectivity index (χ1v) is 11.8. The lowest BCUT2D eigenvalue weighted by Gasteiger charge is -2.37. The van der Waals surface area contributed by atoms with E-state index in [-0.39, 0.29) is 24.6 Å². The van der Waals surface area contributed by atoms with Gasteiger partial charge in [0.25, 0.3) is 0 Å². The minimum atomic E-state index is -0.499. The van der Waals surface area contributed by atoms with E-state index in [9.17, 15) is 9.59 Å². The maximum absolute atomic E-state index is 13.3. The first-order valence-electron chi connectivity index (χ1n) is 11.8. The number of furan rings is 1. The number of benzene rings is 3. The van der Waals surface area contributed by atoms with Crippen molar-refractivity contribution in [2.45, 2.75) is 18.1 Å². The molecule has 1 aromatic heterocycles. The summed E-state index contributed by atoms with van der Waals surface area (Å²) >= 11 is 0. The molecular formula is C30H26N2O4. The molecule has 0 fully saturated rings. The molecule has 6 heteroatoms. The van der Waals surface area contributed by atoms with E-state index in [0.717, 1.165) is 11.3 Å². The molecule has 1 aliphatic heterocycles. The average molecular weight is 479 g/mol. The molecule has 2 heterocycles. The van der Waals surface area contributed by atoms with Crippen LogP contribution < -0.4 is 5.32 Å². The van der Waals surface area contributed by atoms with Crippen molar-refractivity contribution in [1.82, 2.24) is 4.90 Å². The predicted molar refractivity (Wildman–Crippen MR) is 137 cm³/mol. The highest BCUT2D eigenvalue weighted by molar-refractivity contribution is 5.91. The molecule has 0 unspecified atom stereocenters. The van der Waals surface area contributed by atoms with Crippen LogP contribution in [0.5, 0.6) is 0 Å². The lowest BCUT2D eigenvalue weighted by molar-refractivity contribution is -0.130. The number of amides is 1. The number of esters is 1. The zero-order chi connectivity index (χ0) is 24.7. The summed E-state index contributed by atoms with van der Waals surface area (Å²) in [6, 6.07) is 30.7. The number of carbonyl (C=O) groups is 2. The van der Waals surface area contributed by atoms with Gasteiger partial charge in [0.2, 0.25) is 5.91 Å². The molecule has 0 bridgehead atoms.